The molecule has 0 spiro atoms. The second-order valence-corrected chi connectivity index (χ2v) is 4.96. The standard InChI is InChI=1S/C18H20N2O2/c1-2-10-20(16-7-5-8-17(21)13-16)11-12-22-18-9-4-3-6-15(18)14-19/h3-9,13,21H,2,10-12H2,1H3. The molecule has 0 aliphatic rings. The van der Waals surface area contributed by atoms with Crippen molar-refractivity contribution in [2.75, 3.05) is 24.6 Å². The molecule has 0 saturated carbocycles. The number of hydrogen-bond donors (Lipinski definition) is 1. The molecule has 0 unspecified atom stereocenters. The molecule has 0 aromatic heterocycles. The van der Waals surface area contributed by atoms with Gasteiger partial charge in [0, 0.05) is 18.3 Å². The third-order valence-electron chi connectivity index (χ3n) is 3.31. The van der Waals surface area contributed by atoms with Crippen molar-refractivity contribution in [2.45, 2.75) is 13.3 Å². The molecule has 2 aromatic carbocycles. The van der Waals surface area contributed by atoms with Gasteiger partial charge in [-0.05, 0) is 30.7 Å². The molecule has 4 nitrogen and oxygen atoms in total. The van der Waals surface area contributed by atoms with Crippen LogP contribution in [0, 0.1) is 11.3 Å². The predicted octanol–water partition coefficient (Wildman–Crippen LogP) is 3.56. The fraction of sp³-hybridized carbons (Fsp3) is 0.278. The van der Waals surface area contributed by atoms with Gasteiger partial charge in [0.1, 0.15) is 24.2 Å². The first-order valence-corrected chi connectivity index (χ1v) is 7.40. The van der Waals surface area contributed by atoms with Gasteiger partial charge in [0.15, 0.2) is 0 Å². The van der Waals surface area contributed by atoms with Crippen LogP contribution >= 0.6 is 0 Å². The van der Waals surface area contributed by atoms with E-state index in [1.54, 1.807) is 24.3 Å². The van der Waals surface area contributed by atoms with Gasteiger partial charge in [0.25, 0.3) is 0 Å². The third kappa shape index (κ3) is 4.16. The van der Waals surface area contributed by atoms with E-state index in [0.717, 1.165) is 18.7 Å². The monoisotopic (exact) mass is 296 g/mol. The van der Waals surface area contributed by atoms with Gasteiger partial charge in [0.2, 0.25) is 0 Å². The minimum absolute atomic E-state index is 0.259. The van der Waals surface area contributed by atoms with E-state index in [-0.39, 0.29) is 5.75 Å². The molecular weight excluding hydrogens is 276 g/mol. The summed E-state index contributed by atoms with van der Waals surface area (Å²) in [5.74, 6) is 0.867. The van der Waals surface area contributed by atoms with Crippen LogP contribution < -0.4 is 9.64 Å². The first kappa shape index (κ1) is 15.7. The van der Waals surface area contributed by atoms with E-state index < -0.39 is 0 Å². The van der Waals surface area contributed by atoms with E-state index in [1.807, 2.05) is 24.3 Å². The summed E-state index contributed by atoms with van der Waals surface area (Å²) in [5, 5.41) is 18.7. The van der Waals surface area contributed by atoms with Crippen LogP contribution in [0.1, 0.15) is 18.9 Å². The second-order valence-electron chi connectivity index (χ2n) is 4.96. The summed E-state index contributed by atoms with van der Waals surface area (Å²) in [6, 6.07) is 16.6. The van der Waals surface area contributed by atoms with Gasteiger partial charge in [-0.15, -0.1) is 0 Å². The molecule has 0 atom stereocenters. The van der Waals surface area contributed by atoms with Crippen molar-refractivity contribution in [1.29, 1.82) is 5.26 Å². The number of para-hydroxylation sites is 1. The van der Waals surface area contributed by atoms with Gasteiger partial charge in [-0.2, -0.15) is 5.26 Å². The van der Waals surface area contributed by atoms with Crippen LogP contribution in [0.3, 0.4) is 0 Å². The first-order valence-electron chi connectivity index (χ1n) is 7.40. The molecule has 0 heterocycles. The molecule has 1 N–H and O–H groups in total. The van der Waals surface area contributed by atoms with Gasteiger partial charge in [-0.1, -0.05) is 25.1 Å². The van der Waals surface area contributed by atoms with Crippen LogP contribution in [0.25, 0.3) is 0 Å². The number of aromatic hydroxyl groups is 1. The lowest BCUT2D eigenvalue weighted by atomic mass is 10.2. The van der Waals surface area contributed by atoms with Crippen molar-refractivity contribution in [2.24, 2.45) is 0 Å². The average molecular weight is 296 g/mol. The number of ether oxygens (including phenoxy) is 1. The summed E-state index contributed by atoms with van der Waals surface area (Å²) in [7, 11) is 0. The molecule has 0 bridgehead atoms. The van der Waals surface area contributed by atoms with E-state index >= 15 is 0 Å². The second kappa shape index (κ2) is 7.94. The molecule has 114 valence electrons. The highest BCUT2D eigenvalue weighted by Crippen LogP contribution is 2.21. The fourth-order valence-corrected chi connectivity index (χ4v) is 2.28. The van der Waals surface area contributed by atoms with Gasteiger partial charge in [-0.25, -0.2) is 0 Å². The maximum absolute atomic E-state index is 9.61. The summed E-state index contributed by atoms with van der Waals surface area (Å²) in [5.41, 5.74) is 1.51. The molecule has 22 heavy (non-hydrogen) atoms. The van der Waals surface area contributed by atoms with Crippen molar-refractivity contribution >= 4 is 5.69 Å². The molecule has 2 aromatic rings. The number of benzene rings is 2. The van der Waals surface area contributed by atoms with Crippen LogP contribution in [0.5, 0.6) is 11.5 Å². The maximum atomic E-state index is 9.61. The molecule has 4 heteroatoms. The third-order valence-corrected chi connectivity index (χ3v) is 3.31. The first-order chi connectivity index (χ1) is 10.7. The Morgan fingerprint density at radius 3 is 2.68 bits per heavy atom. The Hall–Kier alpha value is -2.67. The highest BCUT2D eigenvalue weighted by atomic mass is 16.5. The number of hydrogen-bond acceptors (Lipinski definition) is 4. The Bertz CT molecular complexity index is 650. The van der Waals surface area contributed by atoms with Gasteiger partial charge >= 0.3 is 0 Å². The highest BCUT2D eigenvalue weighted by molar-refractivity contribution is 5.50. The van der Waals surface area contributed by atoms with E-state index in [4.69, 9.17) is 10.00 Å². The number of rotatable bonds is 7. The van der Waals surface area contributed by atoms with Crippen LogP contribution in [-0.4, -0.2) is 24.8 Å². The molecule has 0 amide bonds. The van der Waals surface area contributed by atoms with Gasteiger partial charge < -0.3 is 14.7 Å². The largest absolute Gasteiger partial charge is 0.508 e. The minimum Gasteiger partial charge on any atom is -0.508 e. The van der Waals surface area contributed by atoms with Crippen LogP contribution in [-0.2, 0) is 0 Å². The van der Waals surface area contributed by atoms with Crippen molar-refractivity contribution in [3.63, 3.8) is 0 Å². The SMILES string of the molecule is CCCN(CCOc1ccccc1C#N)c1cccc(O)c1. The molecular formula is C18H20N2O2. The lowest BCUT2D eigenvalue weighted by molar-refractivity contribution is 0.322. The summed E-state index contributed by atoms with van der Waals surface area (Å²) in [6.45, 7) is 4.17. The highest BCUT2D eigenvalue weighted by Gasteiger charge is 2.07. The molecule has 0 radical (unpaired) electrons. The van der Waals surface area contributed by atoms with E-state index in [9.17, 15) is 5.11 Å². The van der Waals surface area contributed by atoms with E-state index in [0.29, 0.717) is 24.5 Å². The lowest BCUT2D eigenvalue weighted by Crippen LogP contribution is -2.29. The Labute approximate surface area is 131 Å². The predicted molar refractivity (Wildman–Crippen MR) is 87.3 cm³/mol. The smallest absolute Gasteiger partial charge is 0.137 e. The maximum Gasteiger partial charge on any atom is 0.137 e. The fourth-order valence-electron chi connectivity index (χ4n) is 2.28. The molecule has 2 rings (SSSR count). The van der Waals surface area contributed by atoms with Crippen molar-refractivity contribution in [3.05, 3.63) is 54.1 Å². The quantitative estimate of drug-likeness (QED) is 0.848. The Morgan fingerprint density at radius 1 is 1.14 bits per heavy atom. The summed E-state index contributed by atoms with van der Waals surface area (Å²) in [4.78, 5) is 2.16. The van der Waals surface area contributed by atoms with Crippen molar-refractivity contribution in [1.82, 2.24) is 0 Å². The molecule has 0 fully saturated rings. The number of phenols is 1. The van der Waals surface area contributed by atoms with Crippen molar-refractivity contribution < 1.29 is 9.84 Å². The number of anilines is 1. The average Bonchev–Trinajstić information content (AvgIpc) is 2.54. The summed E-state index contributed by atoms with van der Waals surface area (Å²) >= 11 is 0. The molecule has 0 aliphatic carbocycles. The zero-order valence-electron chi connectivity index (χ0n) is 12.7. The van der Waals surface area contributed by atoms with E-state index in [1.165, 1.54) is 0 Å². The Morgan fingerprint density at radius 2 is 1.95 bits per heavy atom. The lowest BCUT2D eigenvalue weighted by Gasteiger charge is -2.24. The molecule has 0 saturated heterocycles. The Balaban J connectivity index is 1.99. The molecule has 0 aliphatic heterocycles. The van der Waals surface area contributed by atoms with Gasteiger partial charge in [-0.3, -0.25) is 0 Å². The normalized spacial score (nSPS) is 10.0. The van der Waals surface area contributed by atoms with Crippen LogP contribution in [0.2, 0.25) is 0 Å². The Kier molecular flexibility index (Phi) is 5.67. The zero-order chi connectivity index (χ0) is 15.8. The number of phenolic OH excluding ortho intramolecular Hbond substituents is 1. The number of nitrogens with zero attached hydrogens (tertiary/aromatic N) is 2. The van der Waals surface area contributed by atoms with Crippen LogP contribution in [0.15, 0.2) is 48.5 Å². The summed E-state index contributed by atoms with van der Waals surface area (Å²) in [6.07, 6.45) is 1.00. The minimum atomic E-state index is 0.259. The van der Waals surface area contributed by atoms with Crippen LogP contribution in [0.4, 0.5) is 5.69 Å². The van der Waals surface area contributed by atoms with Gasteiger partial charge in [0.05, 0.1) is 12.1 Å². The number of nitriles is 1. The zero-order valence-corrected chi connectivity index (χ0v) is 12.7. The van der Waals surface area contributed by atoms with Crippen molar-refractivity contribution in [3.8, 4) is 17.6 Å². The topological polar surface area (TPSA) is 56.5 Å². The summed E-state index contributed by atoms with van der Waals surface area (Å²) < 4.78 is 5.73. The van der Waals surface area contributed by atoms with E-state index in [2.05, 4.69) is 17.9 Å².